The number of amides is 2. The first-order valence-electron chi connectivity index (χ1n) is 7.32. The molecule has 0 aromatic carbocycles. The number of urea groups is 1. The minimum atomic E-state index is -3.54. The molecule has 124 valence electrons. The third-order valence-electron chi connectivity index (χ3n) is 3.93. The van der Waals surface area contributed by atoms with Gasteiger partial charge in [-0.15, -0.1) is 11.3 Å². The van der Waals surface area contributed by atoms with Gasteiger partial charge in [-0.05, 0) is 30.4 Å². The normalized spacial score (nSPS) is 17.3. The van der Waals surface area contributed by atoms with Crippen LogP contribution >= 0.6 is 11.3 Å². The predicted molar refractivity (Wildman–Crippen MR) is 89.0 cm³/mol. The van der Waals surface area contributed by atoms with Crippen LogP contribution in [0.4, 0.5) is 4.79 Å². The van der Waals surface area contributed by atoms with Crippen LogP contribution in [-0.2, 0) is 10.0 Å². The number of hydrogen-bond acceptors (Lipinski definition) is 5. The van der Waals surface area contributed by atoms with E-state index in [-0.39, 0.29) is 17.0 Å². The SMILES string of the molecule is CNC(=O)NC1CCN(S(=O)(=O)c2cnc3ccsc3c2)CC1. The predicted octanol–water partition coefficient (Wildman–Crippen LogP) is 1.38. The number of nitrogens with one attached hydrogen (secondary N) is 2. The van der Waals surface area contributed by atoms with Crippen molar-refractivity contribution in [2.24, 2.45) is 0 Å². The van der Waals surface area contributed by atoms with Gasteiger partial charge < -0.3 is 10.6 Å². The van der Waals surface area contributed by atoms with Gasteiger partial charge in [0.25, 0.3) is 0 Å². The molecular formula is C14H18N4O3S2. The van der Waals surface area contributed by atoms with E-state index in [0.717, 1.165) is 10.2 Å². The number of pyridine rings is 1. The van der Waals surface area contributed by atoms with Gasteiger partial charge in [-0.1, -0.05) is 0 Å². The fraction of sp³-hybridized carbons (Fsp3) is 0.429. The summed E-state index contributed by atoms with van der Waals surface area (Å²) < 4.78 is 27.8. The van der Waals surface area contributed by atoms with Gasteiger partial charge in [-0.2, -0.15) is 4.31 Å². The van der Waals surface area contributed by atoms with Crippen molar-refractivity contribution in [2.75, 3.05) is 20.1 Å². The zero-order valence-corrected chi connectivity index (χ0v) is 14.3. The monoisotopic (exact) mass is 354 g/mol. The highest BCUT2D eigenvalue weighted by Crippen LogP contribution is 2.25. The van der Waals surface area contributed by atoms with E-state index in [1.807, 2.05) is 11.4 Å². The van der Waals surface area contributed by atoms with Crippen molar-refractivity contribution in [1.82, 2.24) is 19.9 Å². The average Bonchev–Trinajstić information content (AvgIpc) is 3.02. The van der Waals surface area contributed by atoms with E-state index in [1.54, 1.807) is 13.1 Å². The summed E-state index contributed by atoms with van der Waals surface area (Å²) in [6, 6.07) is 3.31. The van der Waals surface area contributed by atoms with Gasteiger partial charge in [0.2, 0.25) is 10.0 Å². The minimum absolute atomic E-state index is 0.000647. The van der Waals surface area contributed by atoms with E-state index in [1.165, 1.54) is 21.8 Å². The Morgan fingerprint density at radius 2 is 2.13 bits per heavy atom. The second-order valence-electron chi connectivity index (χ2n) is 5.38. The highest BCUT2D eigenvalue weighted by atomic mass is 32.2. The van der Waals surface area contributed by atoms with Gasteiger partial charge >= 0.3 is 6.03 Å². The Kier molecular flexibility index (Phi) is 4.51. The first-order valence-corrected chi connectivity index (χ1v) is 9.64. The van der Waals surface area contributed by atoms with Gasteiger partial charge in [0, 0.05) is 32.4 Å². The second-order valence-corrected chi connectivity index (χ2v) is 8.26. The summed E-state index contributed by atoms with van der Waals surface area (Å²) in [6.45, 7) is 0.777. The summed E-state index contributed by atoms with van der Waals surface area (Å²) in [5.41, 5.74) is 0.808. The van der Waals surface area contributed by atoms with E-state index < -0.39 is 10.0 Å². The van der Waals surface area contributed by atoms with E-state index in [9.17, 15) is 13.2 Å². The maximum atomic E-state index is 12.7. The lowest BCUT2D eigenvalue weighted by molar-refractivity contribution is 0.229. The highest BCUT2D eigenvalue weighted by Gasteiger charge is 2.30. The number of nitrogens with zero attached hydrogens (tertiary/aromatic N) is 2. The van der Waals surface area contributed by atoms with Crippen molar-refractivity contribution in [1.29, 1.82) is 0 Å². The molecular weight excluding hydrogens is 336 g/mol. The molecule has 1 fully saturated rings. The summed E-state index contributed by atoms with van der Waals surface area (Å²) in [7, 11) is -1.98. The van der Waals surface area contributed by atoms with Gasteiger partial charge in [0.1, 0.15) is 4.90 Å². The molecule has 0 spiro atoms. The van der Waals surface area contributed by atoms with Crippen LogP contribution in [0.3, 0.4) is 0 Å². The summed E-state index contributed by atoms with van der Waals surface area (Å²) in [5, 5.41) is 7.22. The average molecular weight is 354 g/mol. The van der Waals surface area contributed by atoms with Crippen LogP contribution < -0.4 is 10.6 Å². The smallest absolute Gasteiger partial charge is 0.314 e. The van der Waals surface area contributed by atoms with Crippen LogP contribution in [-0.4, -0.2) is 49.9 Å². The van der Waals surface area contributed by atoms with E-state index in [2.05, 4.69) is 15.6 Å². The molecule has 0 radical (unpaired) electrons. The molecule has 0 unspecified atom stereocenters. The fourth-order valence-corrected chi connectivity index (χ4v) is 4.91. The summed E-state index contributed by atoms with van der Waals surface area (Å²) in [4.78, 5) is 15.8. The maximum Gasteiger partial charge on any atom is 0.314 e. The number of hydrogen-bond donors (Lipinski definition) is 2. The number of carbonyl (C=O) groups is 1. The lowest BCUT2D eigenvalue weighted by atomic mass is 10.1. The van der Waals surface area contributed by atoms with E-state index in [0.29, 0.717) is 25.9 Å². The molecule has 7 nitrogen and oxygen atoms in total. The number of piperidine rings is 1. The van der Waals surface area contributed by atoms with Crippen molar-refractivity contribution >= 4 is 37.6 Å². The molecule has 23 heavy (non-hydrogen) atoms. The second kappa shape index (κ2) is 6.42. The molecule has 2 N–H and O–H groups in total. The topological polar surface area (TPSA) is 91.4 Å². The van der Waals surface area contributed by atoms with Crippen LogP contribution in [0.15, 0.2) is 28.6 Å². The third-order valence-corrected chi connectivity index (χ3v) is 6.65. The number of sulfonamides is 1. The van der Waals surface area contributed by atoms with Crippen molar-refractivity contribution < 1.29 is 13.2 Å². The number of thiophene rings is 1. The molecule has 0 saturated carbocycles. The zero-order chi connectivity index (χ0) is 16.4. The van der Waals surface area contributed by atoms with Crippen molar-refractivity contribution in [3.05, 3.63) is 23.7 Å². The largest absolute Gasteiger partial charge is 0.341 e. The number of fused-ring (bicyclic) bond motifs is 1. The van der Waals surface area contributed by atoms with Crippen molar-refractivity contribution in [3.8, 4) is 0 Å². The first kappa shape index (κ1) is 16.2. The number of rotatable bonds is 3. The van der Waals surface area contributed by atoms with Crippen LogP contribution in [0.1, 0.15) is 12.8 Å². The van der Waals surface area contributed by atoms with E-state index in [4.69, 9.17) is 0 Å². The summed E-state index contributed by atoms with van der Waals surface area (Å²) >= 11 is 1.47. The molecule has 9 heteroatoms. The van der Waals surface area contributed by atoms with Gasteiger partial charge in [-0.25, -0.2) is 13.2 Å². The molecule has 0 bridgehead atoms. The Labute approximate surface area is 138 Å². The Hall–Kier alpha value is -1.71. The van der Waals surface area contributed by atoms with Crippen LogP contribution in [0.2, 0.25) is 0 Å². The maximum absolute atomic E-state index is 12.7. The Bertz CT molecular complexity index is 810. The summed E-state index contributed by atoms with van der Waals surface area (Å²) in [6.07, 6.45) is 2.61. The number of carbonyl (C=O) groups excluding carboxylic acids is 1. The van der Waals surface area contributed by atoms with E-state index >= 15 is 0 Å². The standard InChI is InChI=1S/C14H18N4O3S2/c1-15-14(19)17-10-2-5-18(6-3-10)23(20,21)11-8-13-12(16-9-11)4-7-22-13/h4,7-10H,2-3,5-6H2,1H3,(H2,15,17,19). The fourth-order valence-electron chi connectivity index (χ4n) is 2.62. The van der Waals surface area contributed by atoms with Gasteiger partial charge in [-0.3, -0.25) is 4.98 Å². The van der Waals surface area contributed by atoms with Gasteiger partial charge in [0.15, 0.2) is 0 Å². The van der Waals surface area contributed by atoms with Crippen molar-refractivity contribution in [3.63, 3.8) is 0 Å². The van der Waals surface area contributed by atoms with Crippen LogP contribution in [0.25, 0.3) is 10.2 Å². The van der Waals surface area contributed by atoms with Gasteiger partial charge in [0.05, 0.1) is 10.2 Å². The molecule has 1 aliphatic rings. The highest BCUT2D eigenvalue weighted by molar-refractivity contribution is 7.89. The lowest BCUT2D eigenvalue weighted by Gasteiger charge is -2.31. The quantitative estimate of drug-likeness (QED) is 0.871. The molecule has 2 aromatic rings. The van der Waals surface area contributed by atoms with Crippen LogP contribution in [0.5, 0.6) is 0 Å². The third kappa shape index (κ3) is 3.31. The molecule has 0 atom stereocenters. The lowest BCUT2D eigenvalue weighted by Crippen LogP contribution is -2.48. The molecule has 1 saturated heterocycles. The molecule has 1 aliphatic heterocycles. The Morgan fingerprint density at radius 3 is 2.83 bits per heavy atom. The van der Waals surface area contributed by atoms with Crippen LogP contribution in [0, 0.1) is 0 Å². The molecule has 2 amide bonds. The molecule has 2 aromatic heterocycles. The minimum Gasteiger partial charge on any atom is -0.341 e. The Balaban J connectivity index is 1.72. The molecule has 0 aliphatic carbocycles. The van der Waals surface area contributed by atoms with Crippen molar-refractivity contribution in [2.45, 2.75) is 23.8 Å². The molecule has 3 rings (SSSR count). The Morgan fingerprint density at radius 1 is 1.39 bits per heavy atom. The summed E-state index contributed by atoms with van der Waals surface area (Å²) in [5.74, 6) is 0. The first-order chi connectivity index (χ1) is 11.0. The molecule has 3 heterocycles. The number of aromatic nitrogens is 1. The zero-order valence-electron chi connectivity index (χ0n) is 12.7.